The highest BCUT2D eigenvalue weighted by atomic mass is 32.2. The molecular weight excluding hydrogens is 376 g/mol. The maximum absolute atomic E-state index is 12.3. The lowest BCUT2D eigenvalue weighted by atomic mass is 9.90. The zero-order valence-corrected chi connectivity index (χ0v) is 17.9. The highest BCUT2D eigenvalue weighted by Crippen LogP contribution is 2.23. The van der Waals surface area contributed by atoms with Crippen molar-refractivity contribution in [3.8, 4) is 0 Å². The summed E-state index contributed by atoms with van der Waals surface area (Å²) in [6.45, 7) is 7.26. The molecule has 1 saturated heterocycles. The van der Waals surface area contributed by atoms with Crippen LogP contribution in [0.15, 0.2) is 30.3 Å². The first kappa shape index (κ1) is 22.4. The van der Waals surface area contributed by atoms with Gasteiger partial charge in [0.15, 0.2) is 9.84 Å². The third kappa shape index (κ3) is 6.93. The predicted molar refractivity (Wildman–Crippen MR) is 110 cm³/mol. The van der Waals surface area contributed by atoms with Crippen LogP contribution in [-0.4, -0.2) is 50.5 Å². The van der Waals surface area contributed by atoms with E-state index in [2.05, 4.69) is 5.32 Å². The molecule has 0 spiro atoms. The Bertz CT molecular complexity index is 761. The molecular formula is C21H32N2O4S. The summed E-state index contributed by atoms with van der Waals surface area (Å²) in [6.07, 6.45) is 1.71. The summed E-state index contributed by atoms with van der Waals surface area (Å²) < 4.78 is 24.4. The number of rotatable bonds is 7. The molecule has 0 unspecified atom stereocenters. The van der Waals surface area contributed by atoms with Crippen LogP contribution in [0.25, 0.3) is 0 Å². The van der Waals surface area contributed by atoms with E-state index in [1.165, 1.54) is 0 Å². The highest BCUT2D eigenvalue weighted by Gasteiger charge is 2.32. The minimum atomic E-state index is -3.18. The first-order valence-electron chi connectivity index (χ1n) is 9.90. The summed E-state index contributed by atoms with van der Waals surface area (Å²) in [5, 5.41) is 2.86. The molecule has 0 atom stereocenters. The number of sulfone groups is 1. The number of carbonyl (C=O) groups excluding carboxylic acids is 2. The van der Waals surface area contributed by atoms with E-state index in [9.17, 15) is 18.0 Å². The second-order valence-corrected chi connectivity index (χ2v) is 10.7. The Balaban J connectivity index is 1.68. The number of amides is 2. The fourth-order valence-electron chi connectivity index (χ4n) is 3.37. The molecule has 0 aromatic heterocycles. The SMILES string of the molecule is CC(C)(C)C(=O)N1CCC(C(=O)NCCCS(=O)(=O)Cc2ccccc2)CC1. The van der Waals surface area contributed by atoms with Crippen molar-refractivity contribution in [1.82, 2.24) is 10.2 Å². The van der Waals surface area contributed by atoms with Gasteiger partial charge in [-0.05, 0) is 24.8 Å². The Labute approximate surface area is 168 Å². The van der Waals surface area contributed by atoms with Gasteiger partial charge in [-0.15, -0.1) is 0 Å². The van der Waals surface area contributed by atoms with E-state index in [0.717, 1.165) is 5.56 Å². The van der Waals surface area contributed by atoms with E-state index in [1.807, 2.05) is 43.9 Å². The van der Waals surface area contributed by atoms with E-state index >= 15 is 0 Å². The number of likely N-dealkylation sites (tertiary alicyclic amines) is 1. The van der Waals surface area contributed by atoms with Gasteiger partial charge in [0.2, 0.25) is 11.8 Å². The van der Waals surface area contributed by atoms with Gasteiger partial charge in [0.05, 0.1) is 11.5 Å². The Morgan fingerprint density at radius 2 is 1.71 bits per heavy atom. The summed E-state index contributed by atoms with van der Waals surface area (Å²) in [5.74, 6) is 0.0613. The normalized spacial score (nSPS) is 16.0. The van der Waals surface area contributed by atoms with Crippen LogP contribution < -0.4 is 5.32 Å². The lowest BCUT2D eigenvalue weighted by Crippen LogP contribution is -2.46. The summed E-state index contributed by atoms with van der Waals surface area (Å²) in [6, 6.07) is 9.11. The van der Waals surface area contributed by atoms with E-state index in [1.54, 1.807) is 12.1 Å². The van der Waals surface area contributed by atoms with Crippen molar-refractivity contribution < 1.29 is 18.0 Å². The lowest BCUT2D eigenvalue weighted by molar-refractivity contribution is -0.142. The van der Waals surface area contributed by atoms with Crippen molar-refractivity contribution in [3.05, 3.63) is 35.9 Å². The van der Waals surface area contributed by atoms with Crippen molar-refractivity contribution in [3.63, 3.8) is 0 Å². The monoisotopic (exact) mass is 408 g/mol. The maximum atomic E-state index is 12.3. The molecule has 7 heteroatoms. The molecule has 1 aromatic rings. The van der Waals surface area contributed by atoms with Crippen molar-refractivity contribution in [1.29, 1.82) is 0 Å². The van der Waals surface area contributed by atoms with Crippen LogP contribution in [-0.2, 0) is 25.2 Å². The average Bonchev–Trinajstić information content (AvgIpc) is 2.64. The lowest BCUT2D eigenvalue weighted by Gasteiger charge is -2.35. The largest absolute Gasteiger partial charge is 0.356 e. The van der Waals surface area contributed by atoms with Crippen molar-refractivity contribution in [2.75, 3.05) is 25.4 Å². The van der Waals surface area contributed by atoms with E-state index in [0.29, 0.717) is 38.9 Å². The third-order valence-electron chi connectivity index (χ3n) is 4.96. The van der Waals surface area contributed by atoms with E-state index < -0.39 is 15.3 Å². The van der Waals surface area contributed by atoms with E-state index in [-0.39, 0.29) is 29.2 Å². The number of hydrogen-bond donors (Lipinski definition) is 1. The van der Waals surface area contributed by atoms with Gasteiger partial charge in [0.25, 0.3) is 0 Å². The average molecular weight is 409 g/mol. The molecule has 28 heavy (non-hydrogen) atoms. The van der Waals surface area contributed by atoms with Crippen LogP contribution in [0.3, 0.4) is 0 Å². The first-order chi connectivity index (χ1) is 13.1. The zero-order chi connectivity index (χ0) is 20.8. The Hall–Kier alpha value is -1.89. The van der Waals surface area contributed by atoms with Gasteiger partial charge in [-0.2, -0.15) is 0 Å². The molecule has 0 saturated carbocycles. The zero-order valence-electron chi connectivity index (χ0n) is 17.1. The van der Waals surface area contributed by atoms with Gasteiger partial charge in [-0.25, -0.2) is 8.42 Å². The summed E-state index contributed by atoms with van der Waals surface area (Å²) in [5.41, 5.74) is 0.378. The first-order valence-corrected chi connectivity index (χ1v) is 11.7. The second kappa shape index (κ2) is 9.54. The number of nitrogens with one attached hydrogen (secondary N) is 1. The Morgan fingerprint density at radius 3 is 2.29 bits per heavy atom. The molecule has 6 nitrogen and oxygen atoms in total. The van der Waals surface area contributed by atoms with Crippen LogP contribution in [0.4, 0.5) is 0 Å². The van der Waals surface area contributed by atoms with Crippen LogP contribution in [0.1, 0.15) is 45.6 Å². The smallest absolute Gasteiger partial charge is 0.227 e. The van der Waals surface area contributed by atoms with Crippen LogP contribution in [0.5, 0.6) is 0 Å². The molecule has 2 rings (SSSR count). The van der Waals surface area contributed by atoms with Gasteiger partial charge in [0, 0.05) is 31.0 Å². The number of hydrogen-bond acceptors (Lipinski definition) is 4. The highest BCUT2D eigenvalue weighted by molar-refractivity contribution is 7.90. The molecule has 1 fully saturated rings. The van der Waals surface area contributed by atoms with Crippen LogP contribution >= 0.6 is 0 Å². The number of nitrogens with zero attached hydrogens (tertiary/aromatic N) is 1. The third-order valence-corrected chi connectivity index (χ3v) is 6.64. The topological polar surface area (TPSA) is 83.6 Å². The van der Waals surface area contributed by atoms with Crippen molar-refractivity contribution >= 4 is 21.7 Å². The van der Waals surface area contributed by atoms with Crippen LogP contribution in [0, 0.1) is 11.3 Å². The predicted octanol–water partition coefficient (Wildman–Crippen LogP) is 2.39. The summed E-state index contributed by atoms with van der Waals surface area (Å²) >= 11 is 0. The van der Waals surface area contributed by atoms with Crippen molar-refractivity contribution in [2.45, 2.75) is 45.8 Å². The fourth-order valence-corrected chi connectivity index (χ4v) is 4.80. The summed E-state index contributed by atoms with van der Waals surface area (Å²) in [7, 11) is -3.18. The maximum Gasteiger partial charge on any atom is 0.227 e. The molecule has 2 amide bonds. The van der Waals surface area contributed by atoms with Gasteiger partial charge >= 0.3 is 0 Å². The van der Waals surface area contributed by atoms with Gasteiger partial charge in [0.1, 0.15) is 0 Å². The van der Waals surface area contributed by atoms with Gasteiger partial charge < -0.3 is 10.2 Å². The van der Waals surface area contributed by atoms with Crippen LogP contribution in [0.2, 0.25) is 0 Å². The second-order valence-electron chi connectivity index (χ2n) is 8.54. The van der Waals surface area contributed by atoms with Crippen molar-refractivity contribution in [2.24, 2.45) is 11.3 Å². The Morgan fingerprint density at radius 1 is 1.11 bits per heavy atom. The molecule has 1 heterocycles. The number of piperidine rings is 1. The minimum Gasteiger partial charge on any atom is -0.356 e. The molecule has 0 bridgehead atoms. The molecule has 1 aliphatic rings. The molecule has 0 aliphatic carbocycles. The number of carbonyl (C=O) groups is 2. The minimum absolute atomic E-state index is 0.0298. The summed E-state index contributed by atoms with van der Waals surface area (Å²) in [4.78, 5) is 26.5. The van der Waals surface area contributed by atoms with E-state index in [4.69, 9.17) is 0 Å². The Kier molecular flexibility index (Phi) is 7.63. The standard InChI is InChI=1S/C21H32N2O4S/c1-21(2,3)20(25)23-13-10-18(11-14-23)19(24)22-12-7-15-28(26,27)16-17-8-5-4-6-9-17/h4-6,8-9,18H,7,10-16H2,1-3H3,(H,22,24). The quantitative estimate of drug-likeness (QED) is 0.702. The fraction of sp³-hybridized carbons (Fsp3) is 0.619. The molecule has 1 aliphatic heterocycles. The molecule has 0 radical (unpaired) electrons. The molecule has 1 aromatic carbocycles. The molecule has 1 N–H and O–H groups in total. The number of benzene rings is 1. The molecule has 156 valence electrons. The van der Waals surface area contributed by atoms with Gasteiger partial charge in [-0.1, -0.05) is 51.1 Å². The van der Waals surface area contributed by atoms with Gasteiger partial charge in [-0.3, -0.25) is 9.59 Å².